The van der Waals surface area contributed by atoms with Crippen LogP contribution >= 0.6 is 0 Å². The van der Waals surface area contributed by atoms with Crippen LogP contribution in [0.15, 0.2) is 92.5 Å². The fraction of sp³-hybridized carbons (Fsp3) is 0.0714. The second-order valence-corrected chi connectivity index (χ2v) is 8.19. The van der Waals surface area contributed by atoms with E-state index in [0.29, 0.717) is 22.4 Å². The van der Waals surface area contributed by atoms with Crippen LogP contribution in [0, 0.1) is 13.8 Å². The SMILES string of the molecule is Cc1ccc(-c2cc(-c3cc4ccccc4oc3=O)nc3c2oc2ccc(C)cc23)cc1. The molecule has 0 fully saturated rings. The summed E-state index contributed by atoms with van der Waals surface area (Å²) in [5.74, 6) is 0. The summed E-state index contributed by atoms with van der Waals surface area (Å²) in [4.78, 5) is 17.8. The Morgan fingerprint density at radius 3 is 2.34 bits per heavy atom. The van der Waals surface area contributed by atoms with E-state index >= 15 is 0 Å². The number of aryl methyl sites for hydroxylation is 2. The zero-order chi connectivity index (χ0) is 21.8. The Morgan fingerprint density at radius 2 is 1.50 bits per heavy atom. The maximum Gasteiger partial charge on any atom is 0.345 e. The number of benzene rings is 3. The molecule has 0 bridgehead atoms. The number of aromatic nitrogens is 1. The normalized spacial score (nSPS) is 11.6. The minimum absolute atomic E-state index is 0.408. The van der Waals surface area contributed by atoms with Crippen molar-refractivity contribution in [3.8, 4) is 22.4 Å². The summed E-state index contributed by atoms with van der Waals surface area (Å²) in [5, 5.41) is 1.79. The van der Waals surface area contributed by atoms with Gasteiger partial charge >= 0.3 is 5.63 Å². The van der Waals surface area contributed by atoms with E-state index < -0.39 is 5.63 Å². The van der Waals surface area contributed by atoms with Gasteiger partial charge in [-0.2, -0.15) is 0 Å². The van der Waals surface area contributed by atoms with Crippen LogP contribution in [0.5, 0.6) is 0 Å². The first kappa shape index (κ1) is 18.6. The minimum Gasteiger partial charge on any atom is -0.454 e. The number of para-hydroxylation sites is 1. The van der Waals surface area contributed by atoms with E-state index in [1.807, 2.05) is 49.4 Å². The highest BCUT2D eigenvalue weighted by atomic mass is 16.4. The molecule has 3 heterocycles. The van der Waals surface area contributed by atoms with E-state index in [4.69, 9.17) is 13.8 Å². The van der Waals surface area contributed by atoms with Crippen molar-refractivity contribution in [1.82, 2.24) is 4.98 Å². The fourth-order valence-electron chi connectivity index (χ4n) is 4.17. The van der Waals surface area contributed by atoms with Crippen LogP contribution in [-0.4, -0.2) is 4.98 Å². The molecule has 6 aromatic rings. The van der Waals surface area contributed by atoms with Gasteiger partial charge in [0.05, 0.1) is 11.3 Å². The molecule has 0 amide bonds. The van der Waals surface area contributed by atoms with Gasteiger partial charge < -0.3 is 8.83 Å². The number of hydrogen-bond donors (Lipinski definition) is 0. The zero-order valence-electron chi connectivity index (χ0n) is 17.7. The molecule has 32 heavy (non-hydrogen) atoms. The van der Waals surface area contributed by atoms with E-state index in [0.717, 1.165) is 38.6 Å². The van der Waals surface area contributed by atoms with E-state index in [2.05, 4.69) is 37.3 Å². The van der Waals surface area contributed by atoms with Crippen molar-refractivity contribution < 1.29 is 8.83 Å². The van der Waals surface area contributed by atoms with Crippen LogP contribution in [-0.2, 0) is 0 Å². The van der Waals surface area contributed by atoms with Crippen LogP contribution in [0.1, 0.15) is 11.1 Å². The molecule has 0 aliphatic carbocycles. The third-order valence-electron chi connectivity index (χ3n) is 5.86. The van der Waals surface area contributed by atoms with Gasteiger partial charge in [-0.05, 0) is 49.7 Å². The fourth-order valence-corrected chi connectivity index (χ4v) is 4.17. The number of fused-ring (bicyclic) bond motifs is 4. The average Bonchev–Trinajstić information content (AvgIpc) is 3.16. The molecule has 0 atom stereocenters. The van der Waals surface area contributed by atoms with Gasteiger partial charge in [0.15, 0.2) is 5.58 Å². The molecule has 0 radical (unpaired) electrons. The smallest absolute Gasteiger partial charge is 0.345 e. The van der Waals surface area contributed by atoms with Crippen molar-refractivity contribution in [2.24, 2.45) is 0 Å². The van der Waals surface area contributed by atoms with Crippen molar-refractivity contribution in [2.75, 3.05) is 0 Å². The summed E-state index contributed by atoms with van der Waals surface area (Å²) in [5.41, 5.74) is 7.57. The van der Waals surface area contributed by atoms with Crippen molar-refractivity contribution in [3.63, 3.8) is 0 Å². The van der Waals surface area contributed by atoms with Gasteiger partial charge in [-0.25, -0.2) is 9.78 Å². The second kappa shape index (κ2) is 6.92. The van der Waals surface area contributed by atoms with Gasteiger partial charge in [0.25, 0.3) is 0 Å². The van der Waals surface area contributed by atoms with E-state index in [-0.39, 0.29) is 0 Å². The Hall–Kier alpha value is -4.18. The lowest BCUT2D eigenvalue weighted by Gasteiger charge is -2.08. The first-order valence-electron chi connectivity index (χ1n) is 10.5. The minimum atomic E-state index is -0.408. The van der Waals surface area contributed by atoms with Gasteiger partial charge in [0.2, 0.25) is 0 Å². The van der Waals surface area contributed by atoms with Crippen LogP contribution in [0.3, 0.4) is 0 Å². The summed E-state index contributed by atoms with van der Waals surface area (Å²) >= 11 is 0. The van der Waals surface area contributed by atoms with Gasteiger partial charge in [-0.15, -0.1) is 0 Å². The third kappa shape index (κ3) is 2.92. The van der Waals surface area contributed by atoms with Crippen LogP contribution < -0.4 is 5.63 Å². The zero-order valence-corrected chi connectivity index (χ0v) is 17.7. The monoisotopic (exact) mass is 417 g/mol. The first-order valence-corrected chi connectivity index (χ1v) is 10.5. The Bertz CT molecular complexity index is 1710. The predicted molar refractivity (Wildman–Crippen MR) is 128 cm³/mol. The molecule has 3 aromatic carbocycles. The van der Waals surface area contributed by atoms with Crippen molar-refractivity contribution in [3.05, 3.63) is 100 Å². The van der Waals surface area contributed by atoms with Crippen LogP contribution in [0.25, 0.3) is 55.4 Å². The molecule has 0 unspecified atom stereocenters. The molecule has 6 rings (SSSR count). The van der Waals surface area contributed by atoms with Gasteiger partial charge in [-0.1, -0.05) is 59.7 Å². The largest absolute Gasteiger partial charge is 0.454 e. The molecule has 4 nitrogen and oxygen atoms in total. The predicted octanol–water partition coefficient (Wildman–Crippen LogP) is 7.04. The Morgan fingerprint density at radius 1 is 0.719 bits per heavy atom. The molecular formula is C28H19NO3. The van der Waals surface area contributed by atoms with Gasteiger partial charge in [0, 0.05) is 16.3 Å². The highest BCUT2D eigenvalue weighted by Gasteiger charge is 2.18. The summed E-state index contributed by atoms with van der Waals surface area (Å²) in [6, 6.07) is 25.6. The lowest BCUT2D eigenvalue weighted by molar-refractivity contribution is 0.563. The van der Waals surface area contributed by atoms with Crippen molar-refractivity contribution >= 4 is 33.0 Å². The Labute approximate surface area is 183 Å². The van der Waals surface area contributed by atoms with Gasteiger partial charge in [-0.3, -0.25) is 0 Å². The van der Waals surface area contributed by atoms with Crippen molar-refractivity contribution in [2.45, 2.75) is 13.8 Å². The Kier molecular flexibility index (Phi) is 4.02. The maximum atomic E-state index is 12.9. The van der Waals surface area contributed by atoms with E-state index in [1.165, 1.54) is 5.56 Å². The quantitative estimate of drug-likeness (QED) is 0.284. The molecule has 0 aliphatic rings. The summed E-state index contributed by atoms with van der Waals surface area (Å²) < 4.78 is 11.8. The molecule has 0 saturated carbocycles. The summed E-state index contributed by atoms with van der Waals surface area (Å²) in [6.45, 7) is 4.10. The van der Waals surface area contributed by atoms with E-state index in [1.54, 1.807) is 6.07 Å². The van der Waals surface area contributed by atoms with Crippen molar-refractivity contribution in [1.29, 1.82) is 0 Å². The highest BCUT2D eigenvalue weighted by Crippen LogP contribution is 2.37. The topological polar surface area (TPSA) is 56.2 Å². The van der Waals surface area contributed by atoms with Crippen LogP contribution in [0.4, 0.5) is 0 Å². The molecular weight excluding hydrogens is 398 g/mol. The van der Waals surface area contributed by atoms with E-state index in [9.17, 15) is 4.79 Å². The average molecular weight is 417 g/mol. The Balaban J connectivity index is 1.72. The third-order valence-corrected chi connectivity index (χ3v) is 5.86. The summed E-state index contributed by atoms with van der Waals surface area (Å²) in [6.07, 6.45) is 0. The lowest BCUT2D eigenvalue weighted by atomic mass is 10.0. The second-order valence-electron chi connectivity index (χ2n) is 8.19. The number of nitrogens with zero attached hydrogens (tertiary/aromatic N) is 1. The number of hydrogen-bond acceptors (Lipinski definition) is 4. The maximum absolute atomic E-state index is 12.9. The lowest BCUT2D eigenvalue weighted by Crippen LogP contribution is -2.04. The standard InChI is InChI=1S/C28H19NO3/c1-16-7-10-18(11-8-16)20-15-23(21-14-19-5-3-4-6-24(19)32-28(21)30)29-26-22-13-17(2)9-12-25(22)31-27(20)26/h3-15H,1-2H3. The molecule has 0 N–H and O–H groups in total. The first-order chi connectivity index (χ1) is 15.6. The molecule has 154 valence electrons. The molecule has 0 saturated heterocycles. The number of furan rings is 1. The molecule has 0 spiro atoms. The molecule has 4 heteroatoms. The molecule has 0 aliphatic heterocycles. The number of pyridine rings is 1. The number of rotatable bonds is 2. The summed E-state index contributed by atoms with van der Waals surface area (Å²) in [7, 11) is 0. The van der Waals surface area contributed by atoms with Gasteiger partial charge in [0.1, 0.15) is 16.7 Å². The highest BCUT2D eigenvalue weighted by molar-refractivity contribution is 6.08. The van der Waals surface area contributed by atoms with Crippen LogP contribution in [0.2, 0.25) is 0 Å². The molecule has 3 aromatic heterocycles.